The van der Waals surface area contributed by atoms with Gasteiger partial charge in [-0.05, 0) is 63.5 Å². The molecule has 0 aromatic heterocycles. The van der Waals surface area contributed by atoms with Gasteiger partial charge < -0.3 is 5.32 Å². The van der Waals surface area contributed by atoms with E-state index in [9.17, 15) is 9.18 Å². The molecule has 6 heteroatoms. The molecular formula is C23H19BrFN3O. The van der Waals surface area contributed by atoms with Crippen LogP contribution < -0.4 is 5.32 Å². The molecule has 0 aliphatic rings. The molecule has 1 amide bonds. The number of nitriles is 1. The zero-order valence-corrected chi connectivity index (χ0v) is 17.2. The van der Waals surface area contributed by atoms with Crippen molar-refractivity contribution in [3.05, 3.63) is 99.8 Å². The van der Waals surface area contributed by atoms with Crippen LogP contribution in [0.25, 0.3) is 0 Å². The first-order chi connectivity index (χ1) is 14.0. The minimum absolute atomic E-state index is 0.137. The van der Waals surface area contributed by atoms with Gasteiger partial charge in [-0.2, -0.15) is 5.26 Å². The van der Waals surface area contributed by atoms with Gasteiger partial charge in [-0.3, -0.25) is 9.69 Å². The highest BCUT2D eigenvalue weighted by Gasteiger charge is 2.14. The number of nitrogens with one attached hydrogen (secondary N) is 1. The smallest absolute Gasteiger partial charge is 0.238 e. The molecule has 0 fully saturated rings. The Kier molecular flexibility index (Phi) is 7.12. The molecule has 0 radical (unpaired) electrons. The van der Waals surface area contributed by atoms with Crippen LogP contribution in [0.4, 0.5) is 10.1 Å². The van der Waals surface area contributed by atoms with Crippen molar-refractivity contribution in [3.63, 3.8) is 0 Å². The van der Waals surface area contributed by atoms with Gasteiger partial charge in [-0.1, -0.05) is 36.4 Å². The Morgan fingerprint density at radius 1 is 1.00 bits per heavy atom. The maximum absolute atomic E-state index is 13.6. The number of para-hydroxylation sites is 1. The molecule has 0 saturated heterocycles. The first-order valence-corrected chi connectivity index (χ1v) is 9.83. The summed E-state index contributed by atoms with van der Waals surface area (Å²) in [5.74, 6) is -0.472. The molecule has 29 heavy (non-hydrogen) atoms. The second kappa shape index (κ2) is 9.97. The molecule has 0 heterocycles. The molecule has 4 nitrogen and oxygen atoms in total. The quantitative estimate of drug-likeness (QED) is 0.543. The molecule has 3 aromatic carbocycles. The molecule has 0 bridgehead atoms. The topological polar surface area (TPSA) is 56.1 Å². The zero-order chi connectivity index (χ0) is 20.6. The van der Waals surface area contributed by atoms with Crippen LogP contribution in [0.3, 0.4) is 0 Å². The van der Waals surface area contributed by atoms with Gasteiger partial charge in [0, 0.05) is 17.6 Å². The molecular weight excluding hydrogens is 433 g/mol. The van der Waals surface area contributed by atoms with Gasteiger partial charge in [-0.15, -0.1) is 0 Å². The summed E-state index contributed by atoms with van der Waals surface area (Å²) >= 11 is 3.42. The average molecular weight is 452 g/mol. The first-order valence-electron chi connectivity index (χ1n) is 9.04. The minimum Gasteiger partial charge on any atom is -0.324 e. The van der Waals surface area contributed by atoms with Crippen molar-refractivity contribution < 1.29 is 9.18 Å². The van der Waals surface area contributed by atoms with Crippen LogP contribution in [0.15, 0.2) is 77.3 Å². The lowest BCUT2D eigenvalue weighted by Gasteiger charge is -2.22. The normalized spacial score (nSPS) is 10.6. The van der Waals surface area contributed by atoms with Gasteiger partial charge in [0.15, 0.2) is 0 Å². The number of benzene rings is 3. The Bertz CT molecular complexity index is 1030. The van der Waals surface area contributed by atoms with Crippen molar-refractivity contribution in [2.45, 2.75) is 13.1 Å². The highest BCUT2D eigenvalue weighted by atomic mass is 79.9. The van der Waals surface area contributed by atoms with Crippen molar-refractivity contribution in [2.24, 2.45) is 0 Å². The van der Waals surface area contributed by atoms with Crippen LogP contribution in [-0.2, 0) is 17.9 Å². The standard InChI is InChI=1S/C23H19BrFN3O/c24-21-6-1-2-7-22(21)27-23(29)16-28(15-19-4-3-5-20(25)12-19)14-18-10-8-17(13-26)9-11-18/h1-12H,14-16H2,(H,27,29). The molecule has 0 unspecified atom stereocenters. The summed E-state index contributed by atoms with van der Waals surface area (Å²) < 4.78 is 14.4. The van der Waals surface area contributed by atoms with Crippen LogP contribution in [0, 0.1) is 17.1 Å². The van der Waals surface area contributed by atoms with E-state index in [0.717, 1.165) is 15.6 Å². The summed E-state index contributed by atoms with van der Waals surface area (Å²) in [5, 5.41) is 11.9. The van der Waals surface area contributed by atoms with Crippen molar-refractivity contribution >= 4 is 27.5 Å². The second-order valence-electron chi connectivity index (χ2n) is 6.61. The third-order valence-electron chi connectivity index (χ3n) is 4.30. The molecule has 3 aromatic rings. The monoisotopic (exact) mass is 451 g/mol. The van der Waals surface area contributed by atoms with E-state index in [-0.39, 0.29) is 18.3 Å². The number of carbonyl (C=O) groups excluding carboxylic acids is 1. The molecule has 0 aliphatic carbocycles. The summed E-state index contributed by atoms with van der Waals surface area (Å²) in [4.78, 5) is 14.6. The van der Waals surface area contributed by atoms with E-state index in [2.05, 4.69) is 27.3 Å². The lowest BCUT2D eigenvalue weighted by atomic mass is 10.1. The highest BCUT2D eigenvalue weighted by Crippen LogP contribution is 2.21. The van der Waals surface area contributed by atoms with Gasteiger partial charge in [0.25, 0.3) is 0 Å². The molecule has 1 N–H and O–H groups in total. The number of amides is 1. The van der Waals surface area contributed by atoms with Crippen molar-refractivity contribution in [1.29, 1.82) is 5.26 Å². The second-order valence-corrected chi connectivity index (χ2v) is 7.47. The SMILES string of the molecule is N#Cc1ccc(CN(CC(=O)Nc2ccccc2Br)Cc2cccc(F)c2)cc1. The highest BCUT2D eigenvalue weighted by molar-refractivity contribution is 9.10. The minimum atomic E-state index is -0.307. The predicted molar refractivity (Wildman–Crippen MR) is 114 cm³/mol. The molecule has 146 valence electrons. The lowest BCUT2D eigenvalue weighted by Crippen LogP contribution is -2.32. The fourth-order valence-corrected chi connectivity index (χ4v) is 3.34. The zero-order valence-electron chi connectivity index (χ0n) is 15.6. The van der Waals surface area contributed by atoms with E-state index < -0.39 is 0 Å². The van der Waals surface area contributed by atoms with Crippen LogP contribution in [0.2, 0.25) is 0 Å². The molecule has 0 spiro atoms. The Balaban J connectivity index is 1.74. The summed E-state index contributed by atoms with van der Waals surface area (Å²) in [6.45, 7) is 1.05. The number of nitrogens with zero attached hydrogens (tertiary/aromatic N) is 2. The van der Waals surface area contributed by atoms with E-state index in [0.29, 0.717) is 24.3 Å². The van der Waals surface area contributed by atoms with E-state index in [1.807, 2.05) is 47.4 Å². The third kappa shape index (κ3) is 6.24. The Hall–Kier alpha value is -3.01. The number of hydrogen-bond donors (Lipinski definition) is 1. The first kappa shape index (κ1) is 20.7. The van der Waals surface area contributed by atoms with Gasteiger partial charge in [-0.25, -0.2) is 4.39 Å². The van der Waals surface area contributed by atoms with Gasteiger partial charge >= 0.3 is 0 Å². The largest absolute Gasteiger partial charge is 0.324 e. The molecule has 3 rings (SSSR count). The van der Waals surface area contributed by atoms with Crippen molar-refractivity contribution in [2.75, 3.05) is 11.9 Å². The van der Waals surface area contributed by atoms with Gasteiger partial charge in [0.05, 0.1) is 23.9 Å². The predicted octanol–water partition coefficient (Wildman–Crippen LogP) is 5.10. The number of anilines is 1. The van der Waals surface area contributed by atoms with E-state index in [1.54, 1.807) is 18.2 Å². The van der Waals surface area contributed by atoms with Gasteiger partial charge in [0.2, 0.25) is 5.91 Å². The van der Waals surface area contributed by atoms with Crippen LogP contribution in [0.1, 0.15) is 16.7 Å². The van der Waals surface area contributed by atoms with Crippen molar-refractivity contribution in [1.82, 2.24) is 4.90 Å². The number of halogens is 2. The third-order valence-corrected chi connectivity index (χ3v) is 4.99. The number of hydrogen-bond acceptors (Lipinski definition) is 3. The Morgan fingerprint density at radius 3 is 2.41 bits per heavy atom. The van der Waals surface area contributed by atoms with Crippen molar-refractivity contribution in [3.8, 4) is 6.07 Å². The summed E-state index contributed by atoms with van der Waals surface area (Å²) in [6.07, 6.45) is 0. The van der Waals surface area contributed by atoms with Crippen LogP contribution in [0.5, 0.6) is 0 Å². The molecule has 0 saturated carbocycles. The number of rotatable bonds is 7. The van der Waals surface area contributed by atoms with E-state index >= 15 is 0 Å². The average Bonchev–Trinajstić information content (AvgIpc) is 2.70. The fraction of sp³-hybridized carbons (Fsp3) is 0.130. The number of carbonyl (C=O) groups is 1. The lowest BCUT2D eigenvalue weighted by molar-refractivity contribution is -0.117. The molecule has 0 atom stereocenters. The summed E-state index contributed by atoms with van der Waals surface area (Å²) in [7, 11) is 0. The van der Waals surface area contributed by atoms with E-state index in [4.69, 9.17) is 5.26 Å². The Labute approximate surface area is 177 Å². The summed E-state index contributed by atoms with van der Waals surface area (Å²) in [6, 6.07) is 23.1. The molecule has 0 aliphatic heterocycles. The maximum Gasteiger partial charge on any atom is 0.238 e. The maximum atomic E-state index is 13.6. The fourth-order valence-electron chi connectivity index (χ4n) is 2.96. The van der Waals surface area contributed by atoms with Gasteiger partial charge in [0.1, 0.15) is 5.82 Å². The van der Waals surface area contributed by atoms with E-state index in [1.165, 1.54) is 12.1 Å². The van der Waals surface area contributed by atoms with Crippen LogP contribution in [-0.4, -0.2) is 17.4 Å². The Morgan fingerprint density at radius 2 is 1.72 bits per heavy atom. The van der Waals surface area contributed by atoms with Crippen LogP contribution >= 0.6 is 15.9 Å². The summed E-state index contributed by atoms with van der Waals surface area (Å²) in [5.41, 5.74) is 3.03.